The van der Waals surface area contributed by atoms with Gasteiger partial charge in [0.2, 0.25) is 0 Å². The molecule has 0 N–H and O–H groups in total. The molecule has 0 spiro atoms. The van der Waals surface area contributed by atoms with Crippen molar-refractivity contribution in [2.75, 3.05) is 6.61 Å². The summed E-state index contributed by atoms with van der Waals surface area (Å²) in [6.07, 6.45) is 3.77. The van der Waals surface area contributed by atoms with Gasteiger partial charge in [-0.3, -0.25) is 14.6 Å². The third-order valence-corrected chi connectivity index (χ3v) is 8.38. The zero-order valence-electron chi connectivity index (χ0n) is 26.0. The average molecular weight is 608 g/mol. The number of pyridine rings is 1. The number of hydrogen-bond acceptors (Lipinski definition) is 5. The molecular formula is C40H37N3O3. The highest BCUT2D eigenvalue weighted by atomic mass is 16.5. The van der Waals surface area contributed by atoms with Gasteiger partial charge < -0.3 is 4.74 Å². The SMILES string of the molecule is CCOC(=O)CCc1nn(C(c2ccccc2)(c2ccccc2)c2ccccc2)c2cc(CC(=O)CCc3ccccc3)ncc12. The molecule has 4 aromatic carbocycles. The summed E-state index contributed by atoms with van der Waals surface area (Å²) >= 11 is 0. The number of rotatable bonds is 13. The van der Waals surface area contributed by atoms with Crippen LogP contribution >= 0.6 is 0 Å². The molecule has 0 amide bonds. The normalized spacial score (nSPS) is 11.4. The fourth-order valence-electron chi connectivity index (χ4n) is 6.23. The van der Waals surface area contributed by atoms with E-state index in [9.17, 15) is 9.59 Å². The number of benzene rings is 4. The third kappa shape index (κ3) is 6.38. The van der Waals surface area contributed by atoms with Crippen LogP contribution in [0.25, 0.3) is 10.9 Å². The van der Waals surface area contributed by atoms with Gasteiger partial charge in [-0.1, -0.05) is 121 Å². The van der Waals surface area contributed by atoms with Gasteiger partial charge in [0, 0.05) is 36.5 Å². The number of aromatic nitrogens is 3. The Labute approximate surface area is 269 Å². The largest absolute Gasteiger partial charge is 0.466 e. The first-order valence-electron chi connectivity index (χ1n) is 15.8. The second kappa shape index (κ2) is 14.2. The Morgan fingerprint density at radius 3 is 1.80 bits per heavy atom. The summed E-state index contributed by atoms with van der Waals surface area (Å²) in [5.74, 6) is -0.135. The van der Waals surface area contributed by atoms with Crippen molar-refractivity contribution in [3.05, 3.63) is 167 Å². The van der Waals surface area contributed by atoms with Crippen molar-refractivity contribution in [3.8, 4) is 0 Å². The molecule has 0 saturated heterocycles. The van der Waals surface area contributed by atoms with Crippen LogP contribution in [-0.2, 0) is 39.1 Å². The van der Waals surface area contributed by atoms with Gasteiger partial charge >= 0.3 is 5.97 Å². The molecule has 46 heavy (non-hydrogen) atoms. The van der Waals surface area contributed by atoms with Gasteiger partial charge in [-0.05, 0) is 41.7 Å². The molecule has 0 saturated carbocycles. The van der Waals surface area contributed by atoms with Crippen molar-refractivity contribution in [1.82, 2.24) is 14.8 Å². The van der Waals surface area contributed by atoms with E-state index in [-0.39, 0.29) is 24.6 Å². The van der Waals surface area contributed by atoms with Gasteiger partial charge in [0.05, 0.1) is 24.2 Å². The van der Waals surface area contributed by atoms with Crippen LogP contribution in [0.15, 0.2) is 134 Å². The monoisotopic (exact) mass is 607 g/mol. The van der Waals surface area contributed by atoms with Gasteiger partial charge in [-0.25, -0.2) is 4.68 Å². The molecule has 0 bridgehead atoms. The number of ketones is 1. The summed E-state index contributed by atoms with van der Waals surface area (Å²) in [4.78, 5) is 30.4. The van der Waals surface area contributed by atoms with Crippen molar-refractivity contribution in [2.24, 2.45) is 0 Å². The molecule has 0 radical (unpaired) electrons. The number of ether oxygens (including phenoxy) is 1. The Morgan fingerprint density at radius 1 is 0.717 bits per heavy atom. The van der Waals surface area contributed by atoms with Crippen LogP contribution in [0.2, 0.25) is 0 Å². The lowest BCUT2D eigenvalue weighted by molar-refractivity contribution is -0.143. The maximum atomic E-state index is 13.2. The summed E-state index contributed by atoms with van der Waals surface area (Å²) in [5, 5.41) is 6.15. The summed E-state index contributed by atoms with van der Waals surface area (Å²) in [6, 6.07) is 43.1. The maximum Gasteiger partial charge on any atom is 0.306 e. The minimum Gasteiger partial charge on any atom is -0.466 e. The number of carbonyl (C=O) groups excluding carboxylic acids is 2. The molecule has 2 aromatic heterocycles. The summed E-state index contributed by atoms with van der Waals surface area (Å²) in [5.41, 5.74) is 5.66. The number of esters is 1. The van der Waals surface area contributed by atoms with Crippen molar-refractivity contribution < 1.29 is 14.3 Å². The predicted molar refractivity (Wildman–Crippen MR) is 181 cm³/mol. The molecule has 230 valence electrons. The zero-order valence-corrected chi connectivity index (χ0v) is 26.0. The quantitative estimate of drug-likeness (QED) is 0.100. The van der Waals surface area contributed by atoms with Gasteiger partial charge in [0.15, 0.2) is 0 Å². The van der Waals surface area contributed by atoms with Crippen LogP contribution in [0.5, 0.6) is 0 Å². The Bertz CT molecular complexity index is 1810. The predicted octanol–water partition coefficient (Wildman–Crippen LogP) is 7.51. The molecule has 0 fully saturated rings. The van der Waals surface area contributed by atoms with Gasteiger partial charge in [0.1, 0.15) is 11.3 Å². The summed E-state index contributed by atoms with van der Waals surface area (Å²) in [6.45, 7) is 2.14. The van der Waals surface area contributed by atoms with E-state index in [1.54, 1.807) is 0 Å². The highest BCUT2D eigenvalue weighted by molar-refractivity contribution is 5.86. The Morgan fingerprint density at radius 2 is 1.26 bits per heavy atom. The molecule has 0 aliphatic heterocycles. The Kier molecular flexibility index (Phi) is 9.44. The topological polar surface area (TPSA) is 74.1 Å². The molecule has 6 aromatic rings. The van der Waals surface area contributed by atoms with Crippen LogP contribution in [-0.4, -0.2) is 33.1 Å². The van der Waals surface area contributed by atoms with Gasteiger partial charge in [0.25, 0.3) is 0 Å². The van der Waals surface area contributed by atoms with E-state index >= 15 is 0 Å². The van der Waals surface area contributed by atoms with Crippen LogP contribution < -0.4 is 0 Å². The highest BCUT2D eigenvalue weighted by Gasteiger charge is 2.41. The summed E-state index contributed by atoms with van der Waals surface area (Å²) < 4.78 is 7.32. The smallest absolute Gasteiger partial charge is 0.306 e. The van der Waals surface area contributed by atoms with Gasteiger partial charge in [-0.15, -0.1) is 0 Å². The maximum absolute atomic E-state index is 13.2. The van der Waals surface area contributed by atoms with E-state index in [4.69, 9.17) is 14.8 Å². The van der Waals surface area contributed by atoms with Crippen LogP contribution in [0, 0.1) is 0 Å². The molecule has 0 unspecified atom stereocenters. The fraction of sp³-hybridized carbons (Fsp3) is 0.200. The van der Waals surface area contributed by atoms with E-state index in [1.165, 1.54) is 0 Å². The van der Waals surface area contributed by atoms with Crippen LogP contribution in [0.1, 0.15) is 53.4 Å². The number of nitrogens with zero attached hydrogens (tertiary/aromatic N) is 3. The first kappa shape index (κ1) is 30.7. The first-order chi connectivity index (χ1) is 22.6. The molecule has 0 aliphatic rings. The first-order valence-corrected chi connectivity index (χ1v) is 15.8. The van der Waals surface area contributed by atoms with Crippen LogP contribution in [0.4, 0.5) is 0 Å². The molecule has 2 heterocycles. The highest BCUT2D eigenvalue weighted by Crippen LogP contribution is 2.42. The van der Waals surface area contributed by atoms with Crippen LogP contribution in [0.3, 0.4) is 0 Å². The zero-order chi connectivity index (χ0) is 31.8. The molecule has 0 atom stereocenters. The van der Waals surface area contributed by atoms with Crippen molar-refractivity contribution in [1.29, 1.82) is 0 Å². The number of fused-ring (bicyclic) bond motifs is 1. The number of carbonyl (C=O) groups is 2. The Balaban J connectivity index is 1.52. The minimum absolute atomic E-state index is 0.129. The van der Waals surface area contributed by atoms with Crippen molar-refractivity contribution in [2.45, 2.75) is 44.6 Å². The number of Topliss-reactive ketones (excluding diaryl/α,β-unsaturated/α-hetero) is 1. The molecular weight excluding hydrogens is 570 g/mol. The number of hydrogen-bond donors (Lipinski definition) is 0. The molecule has 6 rings (SSSR count). The number of aryl methyl sites for hydroxylation is 2. The minimum atomic E-state index is -0.861. The van der Waals surface area contributed by atoms with E-state index in [1.807, 2.05) is 104 Å². The lowest BCUT2D eigenvalue weighted by Crippen LogP contribution is -2.38. The molecule has 6 heteroatoms. The second-order valence-corrected chi connectivity index (χ2v) is 11.4. The van der Waals surface area contributed by atoms with Crippen molar-refractivity contribution >= 4 is 22.7 Å². The second-order valence-electron chi connectivity index (χ2n) is 11.4. The lowest BCUT2D eigenvalue weighted by Gasteiger charge is -2.37. The fourth-order valence-corrected chi connectivity index (χ4v) is 6.23. The summed E-state index contributed by atoms with van der Waals surface area (Å²) in [7, 11) is 0. The van der Waals surface area contributed by atoms with Crippen molar-refractivity contribution in [3.63, 3.8) is 0 Å². The van der Waals surface area contributed by atoms with E-state index in [0.29, 0.717) is 31.6 Å². The van der Waals surface area contributed by atoms with E-state index in [0.717, 1.165) is 38.9 Å². The lowest BCUT2D eigenvalue weighted by atomic mass is 9.77. The van der Waals surface area contributed by atoms with E-state index in [2.05, 4.69) is 41.1 Å². The standard InChI is InChI=1S/C40H37N3O3/c1-2-46-39(45)26-25-37-36-29-41-34(27-35(44)24-23-30-15-7-3-8-16-30)28-38(36)43(42-37)40(31-17-9-4-10-18-31,32-19-11-5-12-20-32)33-21-13-6-14-22-33/h3-22,28-29H,2,23-27H2,1H3. The molecule has 6 nitrogen and oxygen atoms in total. The van der Waals surface area contributed by atoms with Gasteiger partial charge in [-0.2, -0.15) is 5.10 Å². The Hall–Kier alpha value is -5.36. The third-order valence-electron chi connectivity index (χ3n) is 8.38. The average Bonchev–Trinajstić information content (AvgIpc) is 3.46. The molecule has 0 aliphatic carbocycles. The van der Waals surface area contributed by atoms with E-state index < -0.39 is 5.54 Å².